The van der Waals surface area contributed by atoms with Crippen molar-refractivity contribution in [2.45, 2.75) is 13.2 Å². The molecule has 35 heavy (non-hydrogen) atoms. The second kappa shape index (κ2) is 11.3. The third kappa shape index (κ3) is 5.89. The van der Waals surface area contributed by atoms with Gasteiger partial charge < -0.3 is 9.47 Å². The van der Waals surface area contributed by atoms with E-state index in [1.165, 1.54) is 0 Å². The third-order valence-corrected chi connectivity index (χ3v) is 7.40. The standard InChI is InChI=1S/C26H18BrIN2O4S/c1-33-22-11-17(10-21(27)24(22)34-15-16-6-8-20(28)9-7-16)12-23-25(31)30(26(32)35-23)14-19-5-3-2-4-18(19)13-29/h2-12H,14-15H2,1H3/b23-12+. The summed E-state index contributed by atoms with van der Waals surface area (Å²) in [6.45, 7) is 0.415. The molecule has 3 aromatic carbocycles. The lowest BCUT2D eigenvalue weighted by molar-refractivity contribution is -0.123. The summed E-state index contributed by atoms with van der Waals surface area (Å²) in [6, 6.07) is 20.6. The normalized spacial score (nSPS) is 14.3. The topological polar surface area (TPSA) is 79.6 Å². The summed E-state index contributed by atoms with van der Waals surface area (Å²) in [6.07, 6.45) is 1.65. The number of halogens is 2. The van der Waals surface area contributed by atoms with Crippen molar-refractivity contribution in [3.8, 4) is 17.6 Å². The fraction of sp³-hybridized carbons (Fsp3) is 0.115. The number of hydrogen-bond acceptors (Lipinski definition) is 6. The zero-order chi connectivity index (χ0) is 24.9. The number of carbonyl (C=O) groups is 2. The van der Waals surface area contributed by atoms with E-state index in [9.17, 15) is 14.9 Å². The maximum atomic E-state index is 13.0. The molecule has 0 N–H and O–H groups in total. The maximum Gasteiger partial charge on any atom is 0.293 e. The molecule has 1 aliphatic heterocycles. The Labute approximate surface area is 229 Å². The molecule has 0 aliphatic carbocycles. The molecule has 176 valence electrons. The highest BCUT2D eigenvalue weighted by molar-refractivity contribution is 14.1. The molecule has 0 saturated carbocycles. The Kier molecular flexibility index (Phi) is 8.15. The van der Waals surface area contributed by atoms with Crippen LogP contribution in [0.1, 0.15) is 22.3 Å². The molecule has 6 nitrogen and oxygen atoms in total. The molecule has 0 unspecified atom stereocenters. The van der Waals surface area contributed by atoms with Crippen LogP contribution in [0.25, 0.3) is 6.08 Å². The fourth-order valence-corrected chi connectivity index (χ4v) is 5.20. The van der Waals surface area contributed by atoms with Crippen molar-refractivity contribution in [2.24, 2.45) is 0 Å². The smallest absolute Gasteiger partial charge is 0.293 e. The Hall–Kier alpha value is -2.81. The summed E-state index contributed by atoms with van der Waals surface area (Å²) < 4.78 is 13.3. The number of nitrogens with zero attached hydrogens (tertiary/aromatic N) is 2. The zero-order valence-corrected chi connectivity index (χ0v) is 23.0. The predicted molar refractivity (Wildman–Crippen MR) is 147 cm³/mol. The third-order valence-electron chi connectivity index (χ3n) is 5.19. The fourth-order valence-electron chi connectivity index (χ4n) is 3.42. The van der Waals surface area contributed by atoms with Gasteiger partial charge in [-0.05, 0) is 103 Å². The molecular formula is C26H18BrIN2O4S. The van der Waals surface area contributed by atoms with Crippen LogP contribution < -0.4 is 9.47 Å². The molecule has 0 aromatic heterocycles. The SMILES string of the molecule is COc1cc(/C=C2/SC(=O)N(Cc3ccccc3C#N)C2=O)cc(Br)c1OCc1ccc(I)cc1. The Morgan fingerprint density at radius 1 is 1.14 bits per heavy atom. The monoisotopic (exact) mass is 660 g/mol. The van der Waals surface area contributed by atoms with Crippen molar-refractivity contribution in [1.82, 2.24) is 4.90 Å². The number of thioether (sulfide) groups is 1. The number of ether oxygens (including phenoxy) is 2. The van der Waals surface area contributed by atoms with Crippen molar-refractivity contribution in [2.75, 3.05) is 7.11 Å². The van der Waals surface area contributed by atoms with Crippen LogP contribution in [0, 0.1) is 14.9 Å². The van der Waals surface area contributed by atoms with Crippen molar-refractivity contribution in [3.63, 3.8) is 0 Å². The van der Waals surface area contributed by atoms with Gasteiger partial charge in [-0.3, -0.25) is 14.5 Å². The molecule has 1 fully saturated rings. The Morgan fingerprint density at radius 3 is 2.60 bits per heavy atom. The molecular weight excluding hydrogens is 643 g/mol. The minimum Gasteiger partial charge on any atom is -0.493 e. The quantitative estimate of drug-likeness (QED) is 0.206. The first-order chi connectivity index (χ1) is 16.9. The van der Waals surface area contributed by atoms with Crippen molar-refractivity contribution < 1.29 is 19.1 Å². The van der Waals surface area contributed by atoms with Crippen LogP contribution in [0.4, 0.5) is 4.79 Å². The molecule has 0 spiro atoms. The van der Waals surface area contributed by atoms with Crippen molar-refractivity contribution in [1.29, 1.82) is 5.26 Å². The lowest BCUT2D eigenvalue weighted by Gasteiger charge is -2.14. The van der Waals surface area contributed by atoms with Gasteiger partial charge in [0, 0.05) is 3.57 Å². The van der Waals surface area contributed by atoms with Gasteiger partial charge in [0.2, 0.25) is 0 Å². The lowest BCUT2D eigenvalue weighted by atomic mass is 10.1. The van der Waals surface area contributed by atoms with Gasteiger partial charge in [-0.15, -0.1) is 0 Å². The van der Waals surface area contributed by atoms with Crippen LogP contribution in [-0.4, -0.2) is 23.2 Å². The molecule has 1 aliphatic rings. The van der Waals surface area contributed by atoms with Gasteiger partial charge >= 0.3 is 0 Å². The molecule has 0 radical (unpaired) electrons. The molecule has 0 bridgehead atoms. The second-order valence-electron chi connectivity index (χ2n) is 7.49. The van der Waals surface area contributed by atoms with Gasteiger partial charge in [0.25, 0.3) is 11.1 Å². The summed E-state index contributed by atoms with van der Waals surface area (Å²) in [4.78, 5) is 27.0. The van der Waals surface area contributed by atoms with E-state index in [0.717, 1.165) is 25.8 Å². The summed E-state index contributed by atoms with van der Waals surface area (Å²) in [7, 11) is 1.55. The minimum atomic E-state index is -0.401. The molecule has 9 heteroatoms. The molecule has 0 atom stereocenters. The van der Waals surface area contributed by atoms with Gasteiger partial charge in [0.05, 0.1) is 34.7 Å². The average Bonchev–Trinajstić information content (AvgIpc) is 3.11. The highest BCUT2D eigenvalue weighted by Crippen LogP contribution is 2.39. The van der Waals surface area contributed by atoms with Gasteiger partial charge in [-0.2, -0.15) is 5.26 Å². The van der Waals surface area contributed by atoms with E-state index in [2.05, 4.69) is 44.6 Å². The Morgan fingerprint density at radius 2 is 1.89 bits per heavy atom. The molecule has 1 heterocycles. The summed E-state index contributed by atoms with van der Waals surface area (Å²) in [5.41, 5.74) is 2.76. The Balaban J connectivity index is 1.54. The molecule has 3 aromatic rings. The van der Waals surface area contributed by atoms with Crippen molar-refractivity contribution >= 4 is 67.5 Å². The highest BCUT2D eigenvalue weighted by atomic mass is 127. The highest BCUT2D eigenvalue weighted by Gasteiger charge is 2.35. The van der Waals surface area contributed by atoms with Crippen LogP contribution in [0.3, 0.4) is 0 Å². The largest absolute Gasteiger partial charge is 0.493 e. The summed E-state index contributed by atoms with van der Waals surface area (Å²) in [5, 5.41) is 8.92. The van der Waals surface area contributed by atoms with E-state index in [0.29, 0.717) is 44.2 Å². The number of rotatable bonds is 7. The van der Waals surface area contributed by atoms with E-state index >= 15 is 0 Å². The van der Waals surface area contributed by atoms with Crippen LogP contribution in [0.5, 0.6) is 11.5 Å². The molecule has 4 rings (SSSR count). The lowest BCUT2D eigenvalue weighted by Crippen LogP contribution is -2.27. The number of hydrogen-bond donors (Lipinski definition) is 0. The number of nitriles is 1. The average molecular weight is 661 g/mol. The predicted octanol–water partition coefficient (Wildman–Crippen LogP) is 6.75. The van der Waals surface area contributed by atoms with Gasteiger partial charge in [0.1, 0.15) is 6.61 Å². The molecule has 1 saturated heterocycles. The van der Waals surface area contributed by atoms with Crippen LogP contribution in [-0.2, 0) is 17.9 Å². The number of benzene rings is 3. The van der Waals surface area contributed by atoms with Crippen LogP contribution >= 0.6 is 50.3 Å². The van der Waals surface area contributed by atoms with Crippen molar-refractivity contribution in [3.05, 3.63) is 95.9 Å². The van der Waals surface area contributed by atoms with E-state index in [1.54, 1.807) is 43.5 Å². The first-order valence-corrected chi connectivity index (χ1v) is 13.1. The minimum absolute atomic E-state index is 0.0457. The number of methoxy groups -OCH3 is 1. The summed E-state index contributed by atoms with van der Waals surface area (Å²) in [5.74, 6) is 0.643. The summed E-state index contributed by atoms with van der Waals surface area (Å²) >= 11 is 6.66. The van der Waals surface area contributed by atoms with Crippen LogP contribution in [0.15, 0.2) is 70.0 Å². The molecule has 2 amide bonds. The zero-order valence-electron chi connectivity index (χ0n) is 18.5. The van der Waals surface area contributed by atoms with E-state index in [-0.39, 0.29) is 11.8 Å². The maximum absolute atomic E-state index is 13.0. The number of carbonyl (C=O) groups excluding carboxylic acids is 2. The number of amides is 2. The second-order valence-corrected chi connectivity index (χ2v) is 10.6. The number of imide groups is 1. The first kappa shape index (κ1) is 25.3. The van der Waals surface area contributed by atoms with Gasteiger partial charge in [-0.1, -0.05) is 30.3 Å². The van der Waals surface area contributed by atoms with E-state index in [4.69, 9.17) is 9.47 Å². The van der Waals surface area contributed by atoms with Gasteiger partial charge in [0.15, 0.2) is 11.5 Å². The first-order valence-electron chi connectivity index (χ1n) is 10.4. The Bertz CT molecular complexity index is 1370. The van der Waals surface area contributed by atoms with Gasteiger partial charge in [-0.25, -0.2) is 0 Å². The van der Waals surface area contributed by atoms with E-state index < -0.39 is 5.91 Å². The van der Waals surface area contributed by atoms with E-state index in [1.807, 2.05) is 30.3 Å². The van der Waals surface area contributed by atoms with Crippen LogP contribution in [0.2, 0.25) is 0 Å².